The highest BCUT2D eigenvalue weighted by Gasteiger charge is 1.99. The summed E-state index contributed by atoms with van der Waals surface area (Å²) in [6, 6.07) is 17.3. The summed E-state index contributed by atoms with van der Waals surface area (Å²) in [4.78, 5) is 0. The zero-order valence-corrected chi connectivity index (χ0v) is 25.1. The van der Waals surface area contributed by atoms with Crippen LogP contribution in [0.1, 0.15) is 153 Å². The summed E-state index contributed by atoms with van der Waals surface area (Å²) in [5.41, 5.74) is 4.71. The van der Waals surface area contributed by atoms with Crippen molar-refractivity contribution in [3.05, 3.63) is 59.7 Å². The molecule has 0 aliphatic rings. The van der Waals surface area contributed by atoms with E-state index in [4.69, 9.17) is 0 Å². The lowest BCUT2D eigenvalue weighted by Gasteiger charge is -2.04. The molecule has 0 saturated heterocycles. The van der Waals surface area contributed by atoms with Gasteiger partial charge in [0.1, 0.15) is 0 Å². The molecule has 212 valence electrons. The third-order valence-corrected chi connectivity index (χ3v) is 7.79. The number of hydrogen-bond donors (Lipinski definition) is 0. The predicted octanol–water partition coefficient (Wildman–Crippen LogP) is 13.0. The number of nitrogens with zero attached hydrogens (tertiary/aromatic N) is 2. The average molecular weight is 519 g/mol. The van der Waals surface area contributed by atoms with E-state index < -0.39 is 0 Å². The lowest BCUT2D eigenvalue weighted by molar-refractivity contribution is 0.556. The second-order valence-corrected chi connectivity index (χ2v) is 11.4. The Labute approximate surface area is 236 Å². The van der Waals surface area contributed by atoms with Gasteiger partial charge in [0, 0.05) is 0 Å². The van der Waals surface area contributed by atoms with Crippen molar-refractivity contribution in [2.75, 3.05) is 0 Å². The van der Waals surface area contributed by atoms with Crippen LogP contribution >= 0.6 is 0 Å². The molecular weight excluding hydrogens is 460 g/mol. The molecule has 2 aromatic rings. The average Bonchev–Trinajstić information content (AvgIpc) is 2.95. The smallest absolute Gasteiger partial charge is 0.0857 e. The molecule has 0 saturated carbocycles. The van der Waals surface area contributed by atoms with Crippen LogP contribution in [-0.4, -0.2) is 0 Å². The van der Waals surface area contributed by atoms with E-state index >= 15 is 0 Å². The van der Waals surface area contributed by atoms with E-state index in [-0.39, 0.29) is 0 Å². The first-order valence-electron chi connectivity index (χ1n) is 16.4. The molecule has 2 heteroatoms. The molecule has 0 spiro atoms. The van der Waals surface area contributed by atoms with Gasteiger partial charge in [0.25, 0.3) is 0 Å². The molecule has 2 aromatic carbocycles. The summed E-state index contributed by atoms with van der Waals surface area (Å²) in [6.45, 7) is 4.58. The van der Waals surface area contributed by atoms with Crippen molar-refractivity contribution in [2.24, 2.45) is 10.2 Å². The summed E-state index contributed by atoms with van der Waals surface area (Å²) >= 11 is 0. The van der Waals surface area contributed by atoms with E-state index in [1.165, 1.54) is 152 Å². The molecule has 0 heterocycles. The van der Waals surface area contributed by atoms with Crippen LogP contribution in [0.3, 0.4) is 0 Å². The third-order valence-electron chi connectivity index (χ3n) is 7.79. The monoisotopic (exact) mass is 518 g/mol. The van der Waals surface area contributed by atoms with Crippen LogP contribution in [0.25, 0.3) is 0 Å². The minimum absolute atomic E-state index is 0.936. The molecule has 0 aliphatic carbocycles. The quantitative estimate of drug-likeness (QED) is 0.0975. The van der Waals surface area contributed by atoms with Crippen molar-refractivity contribution in [1.29, 1.82) is 0 Å². The van der Waals surface area contributed by atoms with Gasteiger partial charge in [-0.1, -0.05) is 154 Å². The molecule has 38 heavy (non-hydrogen) atoms. The van der Waals surface area contributed by atoms with Gasteiger partial charge in [-0.2, -0.15) is 10.2 Å². The Balaban J connectivity index is 1.53. The van der Waals surface area contributed by atoms with Crippen LogP contribution in [0.2, 0.25) is 0 Å². The van der Waals surface area contributed by atoms with Crippen LogP contribution < -0.4 is 0 Å². The van der Waals surface area contributed by atoms with Gasteiger partial charge < -0.3 is 0 Å². The number of unbranched alkanes of at least 4 members (excludes halogenated alkanes) is 18. The molecule has 0 amide bonds. The minimum Gasteiger partial charge on any atom is -0.151 e. The highest BCUT2D eigenvalue weighted by Crippen LogP contribution is 2.21. The van der Waals surface area contributed by atoms with Crippen LogP contribution in [0.4, 0.5) is 11.4 Å². The number of benzene rings is 2. The van der Waals surface area contributed by atoms with E-state index in [9.17, 15) is 0 Å². The molecule has 2 nitrogen and oxygen atoms in total. The van der Waals surface area contributed by atoms with E-state index in [0.29, 0.717) is 0 Å². The van der Waals surface area contributed by atoms with Crippen molar-refractivity contribution in [3.8, 4) is 0 Å². The van der Waals surface area contributed by atoms with Gasteiger partial charge in [0.05, 0.1) is 11.4 Å². The largest absolute Gasteiger partial charge is 0.151 e. The van der Waals surface area contributed by atoms with E-state index in [1.807, 2.05) is 0 Å². The Hall–Kier alpha value is -1.96. The highest BCUT2D eigenvalue weighted by atomic mass is 15.1. The molecule has 0 fully saturated rings. The molecule has 0 atom stereocenters. The van der Waals surface area contributed by atoms with E-state index in [2.05, 4.69) is 72.6 Å². The summed E-state index contributed by atoms with van der Waals surface area (Å²) in [7, 11) is 0. The van der Waals surface area contributed by atoms with Gasteiger partial charge in [-0.15, -0.1) is 0 Å². The maximum Gasteiger partial charge on any atom is 0.0857 e. The lowest BCUT2D eigenvalue weighted by atomic mass is 10.0. The predicted molar refractivity (Wildman–Crippen MR) is 168 cm³/mol. The third kappa shape index (κ3) is 16.8. The van der Waals surface area contributed by atoms with Crippen molar-refractivity contribution < 1.29 is 0 Å². The maximum absolute atomic E-state index is 4.46. The molecule has 0 radical (unpaired) electrons. The van der Waals surface area contributed by atoms with Crippen LogP contribution in [-0.2, 0) is 12.8 Å². The van der Waals surface area contributed by atoms with E-state index in [0.717, 1.165) is 11.4 Å². The number of azo groups is 1. The van der Waals surface area contributed by atoms with Gasteiger partial charge in [0.15, 0.2) is 0 Å². The summed E-state index contributed by atoms with van der Waals surface area (Å²) in [5, 5.41) is 8.91. The van der Waals surface area contributed by atoms with Crippen molar-refractivity contribution >= 4 is 11.4 Å². The molecular formula is C36H58N2. The van der Waals surface area contributed by atoms with Crippen molar-refractivity contribution in [3.63, 3.8) is 0 Å². The van der Waals surface area contributed by atoms with Crippen molar-refractivity contribution in [1.82, 2.24) is 0 Å². The second-order valence-electron chi connectivity index (χ2n) is 11.4. The minimum atomic E-state index is 0.936. The summed E-state index contributed by atoms with van der Waals surface area (Å²) in [6.07, 6.45) is 30.2. The highest BCUT2D eigenvalue weighted by molar-refractivity contribution is 5.42. The maximum atomic E-state index is 4.46. The van der Waals surface area contributed by atoms with Crippen LogP contribution in [0.5, 0.6) is 0 Å². The molecule has 0 aromatic heterocycles. The van der Waals surface area contributed by atoms with Gasteiger partial charge in [0.2, 0.25) is 0 Å². The summed E-state index contributed by atoms with van der Waals surface area (Å²) < 4.78 is 0. The number of aryl methyl sites for hydroxylation is 2. The van der Waals surface area contributed by atoms with Gasteiger partial charge in [-0.25, -0.2) is 0 Å². The van der Waals surface area contributed by atoms with E-state index in [1.54, 1.807) is 0 Å². The Morgan fingerprint density at radius 2 is 0.605 bits per heavy atom. The van der Waals surface area contributed by atoms with Gasteiger partial charge in [-0.3, -0.25) is 0 Å². The number of hydrogen-bond acceptors (Lipinski definition) is 2. The molecule has 2 rings (SSSR count). The van der Waals surface area contributed by atoms with Crippen LogP contribution in [0, 0.1) is 0 Å². The van der Waals surface area contributed by atoms with Gasteiger partial charge in [-0.05, 0) is 61.1 Å². The standard InChI is InChI=1S/C36H58N2/c1-3-5-7-9-11-13-15-17-19-21-23-33-25-29-35(30-26-33)37-38-36-31-27-34(28-32-36)24-22-20-18-16-14-12-10-8-6-4-2/h25-32H,3-24H2,1-2H3/b38-37+. The fourth-order valence-corrected chi connectivity index (χ4v) is 5.21. The normalized spacial score (nSPS) is 11.5. The molecule has 0 aliphatic heterocycles. The SMILES string of the molecule is CCCCCCCCCCCCc1ccc(/N=N/c2ccc(CCCCCCCCCCCC)cc2)cc1. The topological polar surface area (TPSA) is 24.7 Å². The summed E-state index contributed by atoms with van der Waals surface area (Å²) in [5.74, 6) is 0. The first kappa shape index (κ1) is 32.3. The fourth-order valence-electron chi connectivity index (χ4n) is 5.21. The first-order valence-corrected chi connectivity index (χ1v) is 16.4. The Morgan fingerprint density at radius 3 is 0.895 bits per heavy atom. The van der Waals surface area contributed by atoms with Crippen LogP contribution in [0.15, 0.2) is 58.8 Å². The second kappa shape index (κ2) is 23.0. The molecule has 0 unspecified atom stereocenters. The lowest BCUT2D eigenvalue weighted by Crippen LogP contribution is -1.86. The Kier molecular flexibility index (Phi) is 19.5. The Bertz CT molecular complexity index is 737. The fraction of sp³-hybridized carbons (Fsp3) is 0.667. The molecule has 0 bridgehead atoms. The zero-order valence-electron chi connectivity index (χ0n) is 25.1. The van der Waals surface area contributed by atoms with Gasteiger partial charge >= 0.3 is 0 Å². The molecule has 0 N–H and O–H groups in total. The van der Waals surface area contributed by atoms with Crippen molar-refractivity contribution in [2.45, 2.75) is 155 Å². The Morgan fingerprint density at radius 1 is 0.342 bits per heavy atom. The zero-order chi connectivity index (χ0) is 26.9. The first-order chi connectivity index (χ1) is 18.8. The number of rotatable bonds is 24.